The molecule has 2 aromatic carbocycles. The van der Waals surface area contributed by atoms with Crippen molar-refractivity contribution in [1.29, 1.82) is 0 Å². The fraction of sp³-hybridized carbons (Fsp3) is 0.238. The van der Waals surface area contributed by atoms with Gasteiger partial charge in [-0.2, -0.15) is 0 Å². The molecule has 30 heavy (non-hydrogen) atoms. The normalized spacial score (nSPS) is 19.5. The van der Waals surface area contributed by atoms with Crippen LogP contribution in [0.3, 0.4) is 0 Å². The van der Waals surface area contributed by atoms with Crippen LogP contribution < -0.4 is 20.1 Å². The van der Waals surface area contributed by atoms with E-state index in [2.05, 4.69) is 10.6 Å². The molecule has 1 fully saturated rings. The molecular weight excluding hydrogens is 390 g/mol. The molecule has 9 heteroatoms. The number of rotatable bonds is 3. The van der Waals surface area contributed by atoms with Gasteiger partial charge in [0, 0.05) is 29.8 Å². The van der Waals surface area contributed by atoms with Gasteiger partial charge in [0.2, 0.25) is 18.6 Å². The molecule has 0 bridgehead atoms. The molecule has 5 rings (SSSR count). The number of carbonyl (C=O) groups excluding carboxylic acids is 4. The molecule has 1 saturated heterocycles. The lowest BCUT2D eigenvalue weighted by atomic mass is 10.0. The van der Waals surface area contributed by atoms with Crippen LogP contribution in [0.15, 0.2) is 36.4 Å². The van der Waals surface area contributed by atoms with Crippen LogP contribution >= 0.6 is 0 Å². The van der Waals surface area contributed by atoms with Gasteiger partial charge in [-0.3, -0.25) is 24.5 Å². The van der Waals surface area contributed by atoms with Crippen molar-refractivity contribution in [3.63, 3.8) is 0 Å². The minimum atomic E-state index is -0.672. The maximum atomic E-state index is 12.7. The molecule has 1 atom stereocenters. The van der Waals surface area contributed by atoms with E-state index < -0.39 is 11.9 Å². The highest BCUT2D eigenvalue weighted by Gasteiger charge is 2.39. The van der Waals surface area contributed by atoms with Gasteiger partial charge in [-0.15, -0.1) is 0 Å². The molecule has 3 aliphatic heterocycles. The molecule has 0 aliphatic carbocycles. The van der Waals surface area contributed by atoms with Gasteiger partial charge in [0.1, 0.15) is 6.04 Å². The van der Waals surface area contributed by atoms with E-state index in [0.29, 0.717) is 40.3 Å². The fourth-order valence-electron chi connectivity index (χ4n) is 3.89. The number of hydrogen-bond donors (Lipinski definition) is 2. The lowest BCUT2D eigenvalue weighted by Crippen LogP contribution is -2.52. The van der Waals surface area contributed by atoms with Crippen molar-refractivity contribution >= 4 is 29.3 Å². The van der Waals surface area contributed by atoms with E-state index in [9.17, 15) is 19.2 Å². The maximum absolute atomic E-state index is 12.7. The second kappa shape index (κ2) is 6.87. The monoisotopic (exact) mass is 407 g/mol. The zero-order valence-corrected chi connectivity index (χ0v) is 15.8. The Balaban J connectivity index is 1.32. The third-order valence-corrected chi connectivity index (χ3v) is 5.42. The lowest BCUT2D eigenvalue weighted by Gasteiger charge is -2.29. The van der Waals surface area contributed by atoms with Crippen molar-refractivity contribution in [2.75, 3.05) is 12.1 Å². The Bertz CT molecular complexity index is 1110. The highest BCUT2D eigenvalue weighted by molar-refractivity contribution is 6.07. The molecule has 4 amide bonds. The largest absolute Gasteiger partial charge is 0.454 e. The van der Waals surface area contributed by atoms with Crippen LogP contribution in [0.1, 0.15) is 39.1 Å². The van der Waals surface area contributed by atoms with Crippen LogP contribution in [0.25, 0.3) is 0 Å². The van der Waals surface area contributed by atoms with Crippen molar-refractivity contribution in [3.8, 4) is 11.5 Å². The number of nitrogens with zero attached hydrogens (tertiary/aromatic N) is 1. The van der Waals surface area contributed by atoms with Crippen LogP contribution in [0, 0.1) is 0 Å². The van der Waals surface area contributed by atoms with Gasteiger partial charge in [-0.1, -0.05) is 0 Å². The second-order valence-corrected chi connectivity index (χ2v) is 7.29. The van der Waals surface area contributed by atoms with Gasteiger partial charge >= 0.3 is 0 Å². The van der Waals surface area contributed by atoms with Crippen LogP contribution in [-0.2, 0) is 16.1 Å². The Kier molecular flexibility index (Phi) is 4.16. The van der Waals surface area contributed by atoms with Crippen molar-refractivity contribution in [3.05, 3.63) is 53.1 Å². The molecule has 152 valence electrons. The molecule has 3 heterocycles. The smallest absolute Gasteiger partial charge is 0.255 e. The number of carbonyl (C=O) groups is 4. The van der Waals surface area contributed by atoms with E-state index in [-0.39, 0.29) is 37.5 Å². The molecular formula is C21H17N3O6. The molecule has 0 radical (unpaired) electrons. The van der Waals surface area contributed by atoms with Crippen LogP contribution in [0.5, 0.6) is 11.5 Å². The topological polar surface area (TPSA) is 114 Å². The second-order valence-electron chi connectivity index (χ2n) is 7.29. The highest BCUT2D eigenvalue weighted by Crippen LogP contribution is 2.33. The van der Waals surface area contributed by atoms with Gasteiger partial charge in [0.25, 0.3) is 11.8 Å². The zero-order valence-electron chi connectivity index (χ0n) is 15.8. The van der Waals surface area contributed by atoms with E-state index in [4.69, 9.17) is 9.47 Å². The van der Waals surface area contributed by atoms with E-state index in [1.165, 1.54) is 4.90 Å². The zero-order chi connectivity index (χ0) is 20.8. The van der Waals surface area contributed by atoms with Gasteiger partial charge in [0.15, 0.2) is 11.5 Å². The molecule has 0 saturated carbocycles. The minimum absolute atomic E-state index is 0.128. The summed E-state index contributed by atoms with van der Waals surface area (Å²) in [6.07, 6.45) is 0.505. The number of imide groups is 1. The van der Waals surface area contributed by atoms with Gasteiger partial charge in [-0.25, -0.2) is 0 Å². The first-order chi connectivity index (χ1) is 14.5. The molecule has 2 N–H and O–H groups in total. The summed E-state index contributed by atoms with van der Waals surface area (Å²) in [5, 5.41) is 5.09. The Morgan fingerprint density at radius 1 is 1.07 bits per heavy atom. The molecule has 0 aromatic heterocycles. The summed E-state index contributed by atoms with van der Waals surface area (Å²) in [6, 6.07) is 9.27. The summed E-state index contributed by atoms with van der Waals surface area (Å²) in [6.45, 7) is 0.372. The van der Waals surface area contributed by atoms with Crippen molar-refractivity contribution in [1.82, 2.24) is 10.2 Å². The number of anilines is 1. The predicted octanol–water partition coefficient (Wildman–Crippen LogP) is 1.43. The molecule has 3 aliphatic rings. The number of piperidine rings is 1. The first-order valence-corrected chi connectivity index (χ1v) is 9.48. The summed E-state index contributed by atoms with van der Waals surface area (Å²) in [4.78, 5) is 50.3. The van der Waals surface area contributed by atoms with Crippen LogP contribution in [0.2, 0.25) is 0 Å². The summed E-state index contributed by atoms with van der Waals surface area (Å²) < 4.78 is 10.5. The average molecular weight is 407 g/mol. The number of amides is 4. The average Bonchev–Trinajstić information content (AvgIpc) is 3.32. The maximum Gasteiger partial charge on any atom is 0.255 e. The van der Waals surface area contributed by atoms with E-state index in [1.807, 2.05) is 0 Å². The van der Waals surface area contributed by atoms with Crippen molar-refractivity contribution < 1.29 is 28.7 Å². The standard InChI is InChI=1S/C21H17N3O6/c25-18-6-4-15(20(27)23-18)24-9-12-7-13(2-3-14(12)21(24)28)22-19(26)11-1-5-16-17(8-11)30-10-29-16/h1-3,5,7-8,15H,4,6,9-10H2,(H,22,26)(H,23,25,27). The summed E-state index contributed by atoms with van der Waals surface area (Å²) in [5.41, 5.74) is 2.16. The first kappa shape index (κ1) is 18.2. The third-order valence-electron chi connectivity index (χ3n) is 5.42. The number of nitrogens with one attached hydrogen (secondary N) is 2. The number of benzene rings is 2. The quantitative estimate of drug-likeness (QED) is 0.744. The fourth-order valence-corrected chi connectivity index (χ4v) is 3.89. The third kappa shape index (κ3) is 3.04. The predicted molar refractivity (Wildman–Crippen MR) is 103 cm³/mol. The van der Waals surface area contributed by atoms with E-state index in [1.54, 1.807) is 36.4 Å². The van der Waals surface area contributed by atoms with Gasteiger partial charge < -0.3 is 19.7 Å². The minimum Gasteiger partial charge on any atom is -0.454 e. The molecule has 2 aromatic rings. The van der Waals surface area contributed by atoms with Crippen molar-refractivity contribution in [2.45, 2.75) is 25.4 Å². The number of ether oxygens (including phenoxy) is 2. The summed E-state index contributed by atoms with van der Waals surface area (Å²) in [5.74, 6) is -0.247. The Labute approximate surface area is 170 Å². The number of hydrogen-bond acceptors (Lipinski definition) is 6. The van der Waals surface area contributed by atoms with E-state index in [0.717, 1.165) is 0 Å². The van der Waals surface area contributed by atoms with Gasteiger partial charge in [0.05, 0.1) is 0 Å². The Morgan fingerprint density at radius 2 is 1.90 bits per heavy atom. The molecule has 9 nitrogen and oxygen atoms in total. The SMILES string of the molecule is O=C1CCC(N2Cc3cc(NC(=O)c4ccc5c(c4)OCO5)ccc3C2=O)C(=O)N1. The number of fused-ring (bicyclic) bond motifs is 2. The lowest BCUT2D eigenvalue weighted by molar-refractivity contribution is -0.136. The summed E-state index contributed by atoms with van der Waals surface area (Å²) >= 11 is 0. The summed E-state index contributed by atoms with van der Waals surface area (Å²) in [7, 11) is 0. The molecule has 0 spiro atoms. The van der Waals surface area contributed by atoms with Crippen LogP contribution in [0.4, 0.5) is 5.69 Å². The van der Waals surface area contributed by atoms with Crippen molar-refractivity contribution in [2.24, 2.45) is 0 Å². The highest BCUT2D eigenvalue weighted by atomic mass is 16.7. The molecule has 1 unspecified atom stereocenters. The van der Waals surface area contributed by atoms with E-state index >= 15 is 0 Å². The van der Waals surface area contributed by atoms with Crippen LogP contribution in [-0.4, -0.2) is 41.4 Å². The first-order valence-electron chi connectivity index (χ1n) is 9.48. The Morgan fingerprint density at radius 3 is 2.73 bits per heavy atom. The van der Waals surface area contributed by atoms with Gasteiger partial charge in [-0.05, 0) is 48.4 Å². The Hall–Kier alpha value is -3.88.